The summed E-state index contributed by atoms with van der Waals surface area (Å²) in [5, 5.41) is 9.78. The molecule has 0 saturated carbocycles. The standard InChI is InChI=1S/C15H18N2O/c1-11-6-8-13(9-7-11)17(3)15-14(12(2)18)5-4-10-16-15/h4-10,12,18H,1-3H3. The van der Waals surface area contributed by atoms with Gasteiger partial charge in [-0.05, 0) is 32.0 Å². The summed E-state index contributed by atoms with van der Waals surface area (Å²) in [6.45, 7) is 3.81. The van der Waals surface area contributed by atoms with Crippen LogP contribution in [-0.4, -0.2) is 17.1 Å². The van der Waals surface area contributed by atoms with Crippen molar-refractivity contribution in [2.75, 3.05) is 11.9 Å². The van der Waals surface area contributed by atoms with Crippen LogP contribution in [0.25, 0.3) is 0 Å². The molecule has 3 nitrogen and oxygen atoms in total. The second-order valence-corrected chi connectivity index (χ2v) is 4.49. The van der Waals surface area contributed by atoms with E-state index in [4.69, 9.17) is 0 Å². The summed E-state index contributed by atoms with van der Waals surface area (Å²) in [5.41, 5.74) is 3.12. The molecule has 3 heteroatoms. The van der Waals surface area contributed by atoms with Crippen LogP contribution in [0.1, 0.15) is 24.2 Å². The Labute approximate surface area is 108 Å². The van der Waals surface area contributed by atoms with Gasteiger partial charge in [0.2, 0.25) is 0 Å². The lowest BCUT2D eigenvalue weighted by Crippen LogP contribution is -2.14. The third kappa shape index (κ3) is 2.51. The number of aromatic nitrogens is 1. The van der Waals surface area contributed by atoms with Crippen molar-refractivity contribution in [3.05, 3.63) is 53.7 Å². The Morgan fingerprint density at radius 1 is 1.17 bits per heavy atom. The highest BCUT2D eigenvalue weighted by Gasteiger charge is 2.13. The number of aliphatic hydroxyl groups is 1. The zero-order valence-electron chi connectivity index (χ0n) is 11.0. The SMILES string of the molecule is Cc1ccc(N(C)c2ncccc2C(C)O)cc1. The number of aliphatic hydroxyl groups excluding tert-OH is 1. The zero-order chi connectivity index (χ0) is 13.1. The topological polar surface area (TPSA) is 36.4 Å². The molecule has 1 aromatic heterocycles. The molecule has 0 radical (unpaired) electrons. The van der Waals surface area contributed by atoms with Crippen molar-refractivity contribution in [3.63, 3.8) is 0 Å². The molecule has 0 spiro atoms. The zero-order valence-corrected chi connectivity index (χ0v) is 11.0. The van der Waals surface area contributed by atoms with Crippen molar-refractivity contribution in [2.45, 2.75) is 20.0 Å². The lowest BCUT2D eigenvalue weighted by molar-refractivity contribution is 0.199. The van der Waals surface area contributed by atoms with Gasteiger partial charge in [-0.25, -0.2) is 4.98 Å². The van der Waals surface area contributed by atoms with Gasteiger partial charge in [-0.1, -0.05) is 23.8 Å². The highest BCUT2D eigenvalue weighted by atomic mass is 16.3. The normalized spacial score (nSPS) is 12.2. The number of nitrogens with zero attached hydrogens (tertiary/aromatic N) is 2. The van der Waals surface area contributed by atoms with Crippen LogP contribution in [0, 0.1) is 6.92 Å². The molecule has 0 amide bonds. The Morgan fingerprint density at radius 3 is 2.44 bits per heavy atom. The highest BCUT2D eigenvalue weighted by molar-refractivity contribution is 5.62. The predicted octanol–water partition coefficient (Wildman–Crippen LogP) is 3.21. The molecule has 2 rings (SSSR count). The number of anilines is 2. The summed E-state index contributed by atoms with van der Waals surface area (Å²) in [6.07, 6.45) is 1.22. The van der Waals surface area contributed by atoms with Crippen LogP contribution in [0.3, 0.4) is 0 Å². The number of pyridine rings is 1. The van der Waals surface area contributed by atoms with Gasteiger partial charge in [-0.15, -0.1) is 0 Å². The average Bonchev–Trinajstić information content (AvgIpc) is 2.39. The van der Waals surface area contributed by atoms with E-state index < -0.39 is 6.10 Å². The third-order valence-corrected chi connectivity index (χ3v) is 3.01. The number of aryl methyl sites for hydroxylation is 1. The summed E-state index contributed by atoms with van der Waals surface area (Å²) in [5.74, 6) is 0.788. The molecule has 0 bridgehead atoms. The highest BCUT2D eigenvalue weighted by Crippen LogP contribution is 2.28. The summed E-state index contributed by atoms with van der Waals surface area (Å²) < 4.78 is 0. The van der Waals surface area contributed by atoms with E-state index in [0.29, 0.717) is 0 Å². The number of hydrogen-bond donors (Lipinski definition) is 1. The van der Waals surface area contributed by atoms with Crippen LogP contribution in [0.15, 0.2) is 42.6 Å². The molecule has 2 aromatic rings. The van der Waals surface area contributed by atoms with E-state index in [1.165, 1.54) is 5.56 Å². The smallest absolute Gasteiger partial charge is 0.138 e. The van der Waals surface area contributed by atoms with Crippen molar-refractivity contribution in [2.24, 2.45) is 0 Å². The Hall–Kier alpha value is -1.87. The summed E-state index contributed by atoms with van der Waals surface area (Å²) in [6, 6.07) is 12.0. The molecule has 0 aliphatic rings. The molecule has 1 unspecified atom stereocenters. The maximum Gasteiger partial charge on any atom is 0.138 e. The van der Waals surface area contributed by atoms with Gasteiger partial charge in [-0.2, -0.15) is 0 Å². The fourth-order valence-electron chi connectivity index (χ4n) is 1.91. The van der Waals surface area contributed by atoms with Crippen LogP contribution in [0.4, 0.5) is 11.5 Å². The first-order valence-electron chi connectivity index (χ1n) is 6.03. The van der Waals surface area contributed by atoms with Crippen molar-refractivity contribution in [1.82, 2.24) is 4.98 Å². The Balaban J connectivity index is 2.39. The minimum atomic E-state index is -0.526. The summed E-state index contributed by atoms with van der Waals surface area (Å²) >= 11 is 0. The summed E-state index contributed by atoms with van der Waals surface area (Å²) in [7, 11) is 1.96. The Morgan fingerprint density at radius 2 is 1.83 bits per heavy atom. The van der Waals surface area contributed by atoms with Crippen LogP contribution in [0.5, 0.6) is 0 Å². The second-order valence-electron chi connectivity index (χ2n) is 4.49. The fraction of sp³-hybridized carbons (Fsp3) is 0.267. The molecule has 0 saturated heterocycles. The minimum absolute atomic E-state index is 0.526. The first-order chi connectivity index (χ1) is 8.59. The third-order valence-electron chi connectivity index (χ3n) is 3.01. The van der Waals surface area contributed by atoms with E-state index in [1.807, 2.05) is 24.1 Å². The van der Waals surface area contributed by atoms with E-state index in [-0.39, 0.29) is 0 Å². The molecular formula is C15H18N2O. The Kier molecular flexibility index (Phi) is 3.63. The van der Waals surface area contributed by atoms with Crippen molar-refractivity contribution in [3.8, 4) is 0 Å². The molecule has 1 aromatic carbocycles. The van der Waals surface area contributed by atoms with Gasteiger partial charge in [0, 0.05) is 24.5 Å². The molecule has 1 heterocycles. The van der Waals surface area contributed by atoms with E-state index in [2.05, 4.69) is 36.2 Å². The van der Waals surface area contributed by atoms with Crippen LogP contribution >= 0.6 is 0 Å². The fourth-order valence-corrected chi connectivity index (χ4v) is 1.91. The van der Waals surface area contributed by atoms with Gasteiger partial charge >= 0.3 is 0 Å². The van der Waals surface area contributed by atoms with Crippen molar-refractivity contribution >= 4 is 11.5 Å². The van der Waals surface area contributed by atoms with Crippen LogP contribution in [0.2, 0.25) is 0 Å². The second kappa shape index (κ2) is 5.19. The molecular weight excluding hydrogens is 224 g/mol. The first-order valence-corrected chi connectivity index (χ1v) is 6.03. The lowest BCUT2D eigenvalue weighted by Gasteiger charge is -2.22. The molecule has 1 N–H and O–H groups in total. The van der Waals surface area contributed by atoms with E-state index >= 15 is 0 Å². The monoisotopic (exact) mass is 242 g/mol. The number of benzene rings is 1. The molecule has 18 heavy (non-hydrogen) atoms. The van der Waals surface area contributed by atoms with Crippen molar-refractivity contribution in [1.29, 1.82) is 0 Å². The van der Waals surface area contributed by atoms with Gasteiger partial charge < -0.3 is 10.0 Å². The van der Waals surface area contributed by atoms with E-state index in [9.17, 15) is 5.11 Å². The maximum absolute atomic E-state index is 9.78. The first kappa shape index (κ1) is 12.6. The molecule has 1 atom stereocenters. The molecule has 94 valence electrons. The van der Waals surface area contributed by atoms with Gasteiger partial charge in [0.15, 0.2) is 0 Å². The molecule has 0 aliphatic heterocycles. The Bertz CT molecular complexity index is 520. The van der Waals surface area contributed by atoms with Gasteiger partial charge in [0.05, 0.1) is 6.10 Å². The van der Waals surface area contributed by atoms with Crippen LogP contribution in [-0.2, 0) is 0 Å². The molecule has 0 aliphatic carbocycles. The quantitative estimate of drug-likeness (QED) is 0.897. The number of hydrogen-bond acceptors (Lipinski definition) is 3. The minimum Gasteiger partial charge on any atom is -0.389 e. The largest absolute Gasteiger partial charge is 0.389 e. The molecule has 0 fully saturated rings. The van der Waals surface area contributed by atoms with Gasteiger partial charge in [0.25, 0.3) is 0 Å². The van der Waals surface area contributed by atoms with E-state index in [1.54, 1.807) is 13.1 Å². The number of rotatable bonds is 3. The lowest BCUT2D eigenvalue weighted by atomic mass is 10.1. The van der Waals surface area contributed by atoms with Crippen LogP contribution < -0.4 is 4.90 Å². The summed E-state index contributed by atoms with van der Waals surface area (Å²) in [4.78, 5) is 6.35. The maximum atomic E-state index is 9.78. The van der Waals surface area contributed by atoms with E-state index in [0.717, 1.165) is 17.1 Å². The predicted molar refractivity (Wildman–Crippen MR) is 74.1 cm³/mol. The van der Waals surface area contributed by atoms with Gasteiger partial charge in [0.1, 0.15) is 5.82 Å². The van der Waals surface area contributed by atoms with Gasteiger partial charge in [-0.3, -0.25) is 0 Å². The average molecular weight is 242 g/mol. The van der Waals surface area contributed by atoms with Crippen molar-refractivity contribution < 1.29 is 5.11 Å².